The summed E-state index contributed by atoms with van der Waals surface area (Å²) >= 11 is 0. The van der Waals surface area contributed by atoms with Gasteiger partial charge in [-0.15, -0.1) is 0 Å². The van der Waals surface area contributed by atoms with Gasteiger partial charge in [0.15, 0.2) is 0 Å². The first kappa shape index (κ1) is 14.4. The van der Waals surface area contributed by atoms with Crippen LogP contribution in [0.2, 0.25) is 0 Å². The van der Waals surface area contributed by atoms with Crippen LogP contribution in [0.3, 0.4) is 0 Å². The summed E-state index contributed by atoms with van der Waals surface area (Å²) in [7, 11) is 0. The second kappa shape index (κ2) is 5.47. The average Bonchev–Trinajstić information content (AvgIpc) is 1.99. The van der Waals surface area contributed by atoms with E-state index in [0.717, 1.165) is 12.8 Å². The number of carboxylic acid groups (broad SMARTS) is 1. The molecule has 0 radical (unpaired) electrons. The highest BCUT2D eigenvalue weighted by atomic mass is 19.1. The van der Waals surface area contributed by atoms with Crippen LogP contribution in [0.15, 0.2) is 0 Å². The van der Waals surface area contributed by atoms with Crippen LogP contribution in [0.5, 0.6) is 0 Å². The SMILES string of the molecule is CC(C)(CCF)CCC(C)(C)CC(=O)O. The molecule has 0 aromatic rings. The topological polar surface area (TPSA) is 37.3 Å². The van der Waals surface area contributed by atoms with E-state index < -0.39 is 5.97 Å². The number of halogens is 1. The fourth-order valence-corrected chi connectivity index (χ4v) is 1.56. The van der Waals surface area contributed by atoms with Gasteiger partial charge in [-0.05, 0) is 30.1 Å². The van der Waals surface area contributed by atoms with E-state index in [9.17, 15) is 9.18 Å². The summed E-state index contributed by atoms with van der Waals surface area (Å²) in [6.07, 6.45) is 2.43. The zero-order valence-corrected chi connectivity index (χ0v) is 10.3. The van der Waals surface area contributed by atoms with Crippen molar-refractivity contribution in [1.29, 1.82) is 0 Å². The number of carbonyl (C=O) groups is 1. The molecule has 90 valence electrons. The molecule has 0 aliphatic carbocycles. The van der Waals surface area contributed by atoms with Crippen molar-refractivity contribution in [2.24, 2.45) is 10.8 Å². The first-order valence-corrected chi connectivity index (χ1v) is 5.46. The summed E-state index contributed by atoms with van der Waals surface area (Å²) in [4.78, 5) is 10.6. The summed E-state index contributed by atoms with van der Waals surface area (Å²) in [6.45, 7) is 7.67. The molecule has 3 heteroatoms. The van der Waals surface area contributed by atoms with E-state index >= 15 is 0 Å². The van der Waals surface area contributed by atoms with Gasteiger partial charge in [0, 0.05) is 0 Å². The van der Waals surface area contributed by atoms with Gasteiger partial charge in [0.1, 0.15) is 0 Å². The maximum Gasteiger partial charge on any atom is 0.303 e. The number of hydrogen-bond acceptors (Lipinski definition) is 1. The van der Waals surface area contributed by atoms with Crippen molar-refractivity contribution in [3.8, 4) is 0 Å². The van der Waals surface area contributed by atoms with E-state index in [1.54, 1.807) is 0 Å². The largest absolute Gasteiger partial charge is 0.481 e. The summed E-state index contributed by atoms with van der Waals surface area (Å²) in [6, 6.07) is 0. The van der Waals surface area contributed by atoms with Crippen LogP contribution in [-0.2, 0) is 4.79 Å². The van der Waals surface area contributed by atoms with Crippen molar-refractivity contribution in [3.05, 3.63) is 0 Å². The predicted octanol–water partition coefficient (Wildman–Crippen LogP) is 3.65. The van der Waals surface area contributed by atoms with Crippen molar-refractivity contribution >= 4 is 5.97 Å². The number of hydrogen-bond donors (Lipinski definition) is 1. The van der Waals surface area contributed by atoms with E-state index in [0.29, 0.717) is 6.42 Å². The highest BCUT2D eigenvalue weighted by Crippen LogP contribution is 2.35. The highest BCUT2D eigenvalue weighted by molar-refractivity contribution is 5.67. The van der Waals surface area contributed by atoms with Crippen LogP contribution in [0.25, 0.3) is 0 Å². The van der Waals surface area contributed by atoms with Crippen LogP contribution in [0, 0.1) is 10.8 Å². The van der Waals surface area contributed by atoms with Gasteiger partial charge in [-0.3, -0.25) is 9.18 Å². The Bertz CT molecular complexity index is 210. The zero-order valence-electron chi connectivity index (χ0n) is 10.3. The van der Waals surface area contributed by atoms with E-state index in [1.165, 1.54) is 0 Å². The van der Waals surface area contributed by atoms with Gasteiger partial charge in [0.25, 0.3) is 0 Å². The maximum atomic E-state index is 12.2. The summed E-state index contributed by atoms with van der Waals surface area (Å²) in [5, 5.41) is 8.72. The Labute approximate surface area is 91.9 Å². The average molecular weight is 218 g/mol. The lowest BCUT2D eigenvalue weighted by Crippen LogP contribution is -2.21. The third-order valence-electron chi connectivity index (χ3n) is 2.88. The molecule has 0 spiro atoms. The molecule has 0 saturated carbocycles. The quantitative estimate of drug-likeness (QED) is 0.708. The molecule has 0 bridgehead atoms. The number of alkyl halides is 1. The minimum Gasteiger partial charge on any atom is -0.481 e. The normalized spacial score (nSPS) is 12.9. The highest BCUT2D eigenvalue weighted by Gasteiger charge is 2.26. The van der Waals surface area contributed by atoms with Crippen LogP contribution in [0.1, 0.15) is 53.4 Å². The Hall–Kier alpha value is -0.600. The Morgan fingerprint density at radius 3 is 1.93 bits per heavy atom. The molecule has 0 atom stereocenters. The lowest BCUT2D eigenvalue weighted by molar-refractivity contribution is -0.139. The molecular weight excluding hydrogens is 195 g/mol. The van der Waals surface area contributed by atoms with Crippen molar-refractivity contribution in [2.75, 3.05) is 6.67 Å². The Kier molecular flexibility index (Phi) is 5.26. The molecule has 0 aliphatic rings. The number of aliphatic carboxylic acids is 1. The summed E-state index contributed by atoms with van der Waals surface area (Å²) in [5.74, 6) is -0.761. The fourth-order valence-electron chi connectivity index (χ4n) is 1.56. The molecular formula is C12H23FO2. The van der Waals surface area contributed by atoms with Crippen molar-refractivity contribution in [1.82, 2.24) is 0 Å². The fraction of sp³-hybridized carbons (Fsp3) is 0.917. The maximum absolute atomic E-state index is 12.2. The molecule has 15 heavy (non-hydrogen) atoms. The molecule has 2 nitrogen and oxygen atoms in total. The van der Waals surface area contributed by atoms with Crippen molar-refractivity contribution in [3.63, 3.8) is 0 Å². The van der Waals surface area contributed by atoms with Crippen LogP contribution < -0.4 is 0 Å². The molecule has 0 amide bonds. The summed E-state index contributed by atoms with van der Waals surface area (Å²) < 4.78 is 12.2. The molecule has 0 aliphatic heterocycles. The van der Waals surface area contributed by atoms with Crippen molar-refractivity contribution < 1.29 is 14.3 Å². The van der Waals surface area contributed by atoms with Crippen LogP contribution in [0.4, 0.5) is 4.39 Å². The first-order valence-electron chi connectivity index (χ1n) is 5.46. The molecule has 0 rings (SSSR count). The summed E-state index contributed by atoms with van der Waals surface area (Å²) in [5.41, 5.74) is -0.218. The molecule has 0 aromatic heterocycles. The van der Waals surface area contributed by atoms with Gasteiger partial charge in [0.05, 0.1) is 13.1 Å². The lowest BCUT2D eigenvalue weighted by atomic mass is 9.76. The molecule has 0 aromatic carbocycles. The minimum atomic E-state index is -0.761. The lowest BCUT2D eigenvalue weighted by Gasteiger charge is -2.29. The molecule has 0 fully saturated rings. The zero-order chi connectivity index (χ0) is 12.1. The predicted molar refractivity (Wildman–Crippen MR) is 59.6 cm³/mol. The third-order valence-corrected chi connectivity index (χ3v) is 2.88. The van der Waals surface area contributed by atoms with E-state index in [2.05, 4.69) is 0 Å². The first-order chi connectivity index (χ1) is 6.68. The number of rotatable bonds is 7. The third kappa shape index (κ3) is 7.34. The molecule has 0 heterocycles. The van der Waals surface area contributed by atoms with Gasteiger partial charge in [-0.2, -0.15) is 0 Å². The van der Waals surface area contributed by atoms with Gasteiger partial charge in [0.2, 0.25) is 0 Å². The Balaban J connectivity index is 4.07. The standard InChI is InChI=1S/C12H23FO2/c1-11(2,7-8-13)5-6-12(3,4)9-10(14)15/h5-9H2,1-4H3,(H,14,15). The van der Waals surface area contributed by atoms with Gasteiger partial charge < -0.3 is 5.11 Å². The van der Waals surface area contributed by atoms with Gasteiger partial charge in [-0.25, -0.2) is 0 Å². The second-order valence-corrected chi connectivity index (χ2v) is 5.84. The minimum absolute atomic E-state index is 0.0233. The molecule has 0 saturated heterocycles. The Morgan fingerprint density at radius 2 is 1.53 bits per heavy atom. The van der Waals surface area contributed by atoms with Crippen LogP contribution >= 0.6 is 0 Å². The van der Waals surface area contributed by atoms with Gasteiger partial charge >= 0.3 is 5.97 Å². The molecule has 0 unspecified atom stereocenters. The van der Waals surface area contributed by atoms with E-state index in [1.807, 2.05) is 27.7 Å². The van der Waals surface area contributed by atoms with Crippen LogP contribution in [-0.4, -0.2) is 17.8 Å². The second-order valence-electron chi connectivity index (χ2n) is 5.84. The van der Waals surface area contributed by atoms with Gasteiger partial charge in [-0.1, -0.05) is 27.7 Å². The number of carboxylic acids is 1. The van der Waals surface area contributed by atoms with E-state index in [-0.39, 0.29) is 23.9 Å². The van der Waals surface area contributed by atoms with E-state index in [4.69, 9.17) is 5.11 Å². The smallest absolute Gasteiger partial charge is 0.303 e. The monoisotopic (exact) mass is 218 g/mol. The molecule has 1 N–H and O–H groups in total. The van der Waals surface area contributed by atoms with Crippen molar-refractivity contribution in [2.45, 2.75) is 53.4 Å². The Morgan fingerprint density at radius 1 is 1.07 bits per heavy atom.